The molecule has 0 amide bonds. The van der Waals surface area contributed by atoms with Gasteiger partial charge in [0.1, 0.15) is 29.5 Å². The molecule has 5 rings (SSSR count). The molecule has 3 aromatic heterocycles. The van der Waals surface area contributed by atoms with E-state index in [9.17, 15) is 4.39 Å². The lowest BCUT2D eigenvalue weighted by Crippen LogP contribution is -2.09. The van der Waals surface area contributed by atoms with Crippen LogP contribution in [0.4, 0.5) is 10.2 Å². The molecule has 0 saturated carbocycles. The predicted octanol–water partition coefficient (Wildman–Crippen LogP) is 4.82. The molecule has 5 aromatic rings. The Bertz CT molecular complexity index is 1370. The molecular formula is C25H21FN6O. The molecule has 0 aliphatic heterocycles. The van der Waals surface area contributed by atoms with E-state index in [0.717, 1.165) is 22.1 Å². The number of hydrogen-bond acceptors (Lipinski definition) is 6. The van der Waals surface area contributed by atoms with Gasteiger partial charge >= 0.3 is 0 Å². The summed E-state index contributed by atoms with van der Waals surface area (Å²) in [4.78, 5) is 13.7. The van der Waals surface area contributed by atoms with Crippen LogP contribution in [-0.2, 0) is 6.54 Å². The van der Waals surface area contributed by atoms with Crippen molar-refractivity contribution < 1.29 is 9.13 Å². The smallest absolute Gasteiger partial charge is 0.163 e. The number of pyridine rings is 1. The van der Waals surface area contributed by atoms with Crippen molar-refractivity contribution >= 4 is 16.7 Å². The van der Waals surface area contributed by atoms with E-state index < -0.39 is 0 Å². The van der Waals surface area contributed by atoms with E-state index in [1.54, 1.807) is 35.4 Å². The molecule has 8 heteroatoms. The molecule has 7 nitrogen and oxygen atoms in total. The van der Waals surface area contributed by atoms with Crippen LogP contribution in [0.3, 0.4) is 0 Å². The fraction of sp³-hybridized carbons (Fsp3) is 0.120. The van der Waals surface area contributed by atoms with Gasteiger partial charge in [0.2, 0.25) is 0 Å². The molecule has 3 heterocycles. The molecule has 0 spiro atoms. The number of hydrogen-bond donors (Lipinski definition) is 1. The van der Waals surface area contributed by atoms with Crippen LogP contribution in [0.15, 0.2) is 79.4 Å². The van der Waals surface area contributed by atoms with Gasteiger partial charge in [0.05, 0.1) is 6.54 Å². The molecule has 0 aliphatic rings. The van der Waals surface area contributed by atoms with E-state index in [2.05, 4.69) is 15.4 Å². The zero-order valence-corrected chi connectivity index (χ0v) is 17.9. The van der Waals surface area contributed by atoms with Crippen LogP contribution in [-0.4, -0.2) is 38.4 Å². The summed E-state index contributed by atoms with van der Waals surface area (Å²) in [6.07, 6.45) is 7.06. The molecule has 0 unspecified atom stereocenters. The van der Waals surface area contributed by atoms with Crippen LogP contribution in [0.5, 0.6) is 5.75 Å². The Morgan fingerprint density at radius 1 is 0.970 bits per heavy atom. The molecule has 2 aromatic carbocycles. The maximum Gasteiger partial charge on any atom is 0.163 e. The Labute approximate surface area is 189 Å². The molecule has 0 aliphatic carbocycles. The van der Waals surface area contributed by atoms with Gasteiger partial charge in [0.25, 0.3) is 0 Å². The first-order chi connectivity index (χ1) is 16.2. The van der Waals surface area contributed by atoms with Crippen LogP contribution in [0.1, 0.15) is 0 Å². The number of rotatable bonds is 7. The zero-order valence-electron chi connectivity index (χ0n) is 17.9. The lowest BCUT2D eigenvalue weighted by Gasteiger charge is -2.15. The Morgan fingerprint density at radius 3 is 2.58 bits per heavy atom. The lowest BCUT2D eigenvalue weighted by atomic mass is 10.0. The monoisotopic (exact) mass is 440 g/mol. The van der Waals surface area contributed by atoms with Crippen molar-refractivity contribution in [3.8, 4) is 28.3 Å². The highest BCUT2D eigenvalue weighted by molar-refractivity contribution is 5.97. The molecular weight excluding hydrogens is 419 g/mol. The molecule has 0 radical (unpaired) electrons. The quantitative estimate of drug-likeness (QED) is 0.391. The number of nitrogens with zero attached hydrogens (tertiary/aromatic N) is 5. The second-order valence-electron chi connectivity index (χ2n) is 7.38. The summed E-state index contributed by atoms with van der Waals surface area (Å²) in [6.45, 7) is 0.999. The van der Waals surface area contributed by atoms with E-state index in [-0.39, 0.29) is 5.82 Å². The van der Waals surface area contributed by atoms with Gasteiger partial charge in [-0.05, 0) is 53.6 Å². The molecule has 1 N–H and O–H groups in total. The summed E-state index contributed by atoms with van der Waals surface area (Å²) in [5, 5.41) is 8.20. The number of nitrogens with one attached hydrogen (secondary N) is 1. The standard InChI is InChI=1S/C25H21FN6O/c1-27-25-21-14-19(17-5-7-20(26)8-6-17)15-22(33-13-12-32-11-3-10-29-32)23(21)30-24(31-25)18-4-2-9-28-16-18/h2-11,14-16H,12-13H2,1H3,(H,27,30,31). The lowest BCUT2D eigenvalue weighted by molar-refractivity contribution is 0.294. The summed E-state index contributed by atoms with van der Waals surface area (Å²) < 4.78 is 21.5. The second kappa shape index (κ2) is 9.04. The SMILES string of the molecule is CNc1nc(-c2cccnc2)nc2c(OCCn3cccn3)cc(-c3ccc(F)cc3)cc12. The molecule has 0 bridgehead atoms. The third-order valence-electron chi connectivity index (χ3n) is 5.24. The highest BCUT2D eigenvalue weighted by Crippen LogP contribution is 2.36. The average molecular weight is 440 g/mol. The van der Waals surface area contributed by atoms with Gasteiger partial charge in [0, 0.05) is 42.8 Å². The summed E-state index contributed by atoms with van der Waals surface area (Å²) in [6, 6.07) is 15.9. The zero-order chi connectivity index (χ0) is 22.6. The Hall–Kier alpha value is -4.33. The van der Waals surface area contributed by atoms with Crippen LogP contribution in [0.25, 0.3) is 33.4 Å². The molecule has 164 valence electrons. The fourth-order valence-corrected chi connectivity index (χ4v) is 3.62. The number of anilines is 1. The maximum atomic E-state index is 13.5. The minimum absolute atomic E-state index is 0.282. The summed E-state index contributed by atoms with van der Waals surface area (Å²) in [5.74, 6) is 1.55. The van der Waals surface area contributed by atoms with E-state index in [4.69, 9.17) is 14.7 Å². The van der Waals surface area contributed by atoms with Gasteiger partial charge < -0.3 is 10.1 Å². The number of benzene rings is 2. The third kappa shape index (κ3) is 4.36. The van der Waals surface area contributed by atoms with E-state index in [1.807, 2.05) is 43.6 Å². The van der Waals surface area contributed by atoms with Crippen molar-refractivity contribution in [1.82, 2.24) is 24.7 Å². The average Bonchev–Trinajstić information content (AvgIpc) is 3.38. The molecule has 0 fully saturated rings. The van der Waals surface area contributed by atoms with Crippen molar-refractivity contribution in [2.75, 3.05) is 19.0 Å². The van der Waals surface area contributed by atoms with Crippen LogP contribution < -0.4 is 10.1 Å². The van der Waals surface area contributed by atoms with Gasteiger partial charge in [-0.25, -0.2) is 14.4 Å². The number of fused-ring (bicyclic) bond motifs is 1. The topological polar surface area (TPSA) is 77.8 Å². The van der Waals surface area contributed by atoms with Crippen molar-refractivity contribution in [3.05, 3.63) is 85.2 Å². The van der Waals surface area contributed by atoms with E-state index in [1.165, 1.54) is 12.1 Å². The summed E-state index contributed by atoms with van der Waals surface area (Å²) in [5.41, 5.74) is 3.24. The second-order valence-corrected chi connectivity index (χ2v) is 7.38. The third-order valence-corrected chi connectivity index (χ3v) is 5.24. The Balaban J connectivity index is 1.63. The van der Waals surface area contributed by atoms with E-state index >= 15 is 0 Å². The predicted molar refractivity (Wildman–Crippen MR) is 125 cm³/mol. The van der Waals surface area contributed by atoms with Crippen LogP contribution >= 0.6 is 0 Å². The van der Waals surface area contributed by atoms with Gasteiger partial charge in [-0.1, -0.05) is 12.1 Å². The first kappa shape index (κ1) is 20.6. The van der Waals surface area contributed by atoms with Gasteiger partial charge in [0.15, 0.2) is 5.82 Å². The van der Waals surface area contributed by atoms with Crippen molar-refractivity contribution in [3.63, 3.8) is 0 Å². The highest BCUT2D eigenvalue weighted by Gasteiger charge is 2.16. The fourth-order valence-electron chi connectivity index (χ4n) is 3.62. The Morgan fingerprint density at radius 2 is 1.85 bits per heavy atom. The maximum absolute atomic E-state index is 13.5. The van der Waals surface area contributed by atoms with Gasteiger partial charge in [-0.15, -0.1) is 0 Å². The van der Waals surface area contributed by atoms with Gasteiger partial charge in [-0.3, -0.25) is 9.67 Å². The normalized spacial score (nSPS) is 11.0. The number of ether oxygens (including phenoxy) is 1. The van der Waals surface area contributed by atoms with Gasteiger partial charge in [-0.2, -0.15) is 5.10 Å². The number of halogens is 1. The largest absolute Gasteiger partial charge is 0.489 e. The summed E-state index contributed by atoms with van der Waals surface area (Å²) >= 11 is 0. The van der Waals surface area contributed by atoms with Crippen molar-refractivity contribution in [1.29, 1.82) is 0 Å². The number of aromatic nitrogens is 5. The van der Waals surface area contributed by atoms with Crippen molar-refractivity contribution in [2.45, 2.75) is 6.54 Å². The first-order valence-corrected chi connectivity index (χ1v) is 10.5. The van der Waals surface area contributed by atoms with Crippen LogP contribution in [0.2, 0.25) is 0 Å². The van der Waals surface area contributed by atoms with Crippen molar-refractivity contribution in [2.24, 2.45) is 0 Å². The molecule has 33 heavy (non-hydrogen) atoms. The summed E-state index contributed by atoms with van der Waals surface area (Å²) in [7, 11) is 1.82. The highest BCUT2D eigenvalue weighted by atomic mass is 19.1. The first-order valence-electron chi connectivity index (χ1n) is 10.5. The Kier molecular flexibility index (Phi) is 5.63. The van der Waals surface area contributed by atoms with Crippen LogP contribution in [0, 0.1) is 5.82 Å². The van der Waals surface area contributed by atoms with E-state index in [0.29, 0.717) is 36.1 Å². The minimum atomic E-state index is -0.282. The molecule has 0 saturated heterocycles. The molecule has 0 atom stereocenters. The minimum Gasteiger partial charge on any atom is -0.489 e.